The van der Waals surface area contributed by atoms with Crippen LogP contribution in [0.25, 0.3) is 11.1 Å². The first-order valence-electron chi connectivity index (χ1n) is 8.27. The van der Waals surface area contributed by atoms with Gasteiger partial charge in [-0.1, -0.05) is 30.3 Å². The van der Waals surface area contributed by atoms with Crippen LogP contribution in [0.2, 0.25) is 0 Å². The van der Waals surface area contributed by atoms with Crippen LogP contribution in [-0.4, -0.2) is 12.6 Å². The first-order valence-corrected chi connectivity index (χ1v) is 8.27. The van der Waals surface area contributed by atoms with Gasteiger partial charge in [-0.3, -0.25) is 0 Å². The van der Waals surface area contributed by atoms with E-state index in [1.165, 1.54) is 12.1 Å². The average Bonchev–Trinajstić information content (AvgIpc) is 2.62. The van der Waals surface area contributed by atoms with Crippen molar-refractivity contribution in [3.05, 3.63) is 72.3 Å². The van der Waals surface area contributed by atoms with E-state index in [4.69, 9.17) is 20.9 Å². The van der Waals surface area contributed by atoms with Crippen molar-refractivity contribution in [3.8, 4) is 22.6 Å². The van der Waals surface area contributed by atoms with Crippen molar-refractivity contribution in [2.75, 3.05) is 18.1 Å². The molecule has 0 unspecified atom stereocenters. The molecule has 3 aromatic carbocycles. The highest BCUT2D eigenvalue weighted by atomic mass is 16.5. The van der Waals surface area contributed by atoms with Crippen molar-refractivity contribution >= 4 is 17.3 Å². The molecular formula is C21H20N2O3. The molecule has 0 aliphatic rings. The zero-order valence-corrected chi connectivity index (χ0v) is 14.4. The second-order valence-electron chi connectivity index (χ2n) is 5.73. The van der Waals surface area contributed by atoms with Gasteiger partial charge in [0.25, 0.3) is 0 Å². The van der Waals surface area contributed by atoms with Gasteiger partial charge in [-0.15, -0.1) is 0 Å². The van der Waals surface area contributed by atoms with Crippen molar-refractivity contribution in [1.29, 1.82) is 0 Å². The lowest BCUT2D eigenvalue weighted by Crippen LogP contribution is -2.10. The molecule has 0 atom stereocenters. The van der Waals surface area contributed by atoms with E-state index >= 15 is 0 Å². The molecular weight excluding hydrogens is 328 g/mol. The lowest BCUT2D eigenvalue weighted by Gasteiger charge is -2.13. The SMILES string of the molecule is CCOc1ccc(-c2ccccc2)c(OC(=O)c2cc(N)cc(N)c2)c1. The number of benzene rings is 3. The van der Waals surface area contributed by atoms with Crippen LogP contribution < -0.4 is 20.9 Å². The van der Waals surface area contributed by atoms with Crippen LogP contribution in [0.3, 0.4) is 0 Å². The molecule has 0 bridgehead atoms. The molecule has 0 amide bonds. The summed E-state index contributed by atoms with van der Waals surface area (Å²) in [5, 5.41) is 0. The first-order chi connectivity index (χ1) is 12.6. The zero-order chi connectivity index (χ0) is 18.5. The van der Waals surface area contributed by atoms with Crippen LogP contribution in [0, 0.1) is 0 Å². The van der Waals surface area contributed by atoms with Crippen molar-refractivity contribution < 1.29 is 14.3 Å². The van der Waals surface area contributed by atoms with Gasteiger partial charge in [-0.2, -0.15) is 0 Å². The normalized spacial score (nSPS) is 10.3. The maximum Gasteiger partial charge on any atom is 0.343 e. The van der Waals surface area contributed by atoms with Gasteiger partial charge >= 0.3 is 5.97 Å². The molecule has 4 N–H and O–H groups in total. The van der Waals surface area contributed by atoms with Gasteiger partial charge < -0.3 is 20.9 Å². The second kappa shape index (κ2) is 7.61. The predicted molar refractivity (Wildman–Crippen MR) is 103 cm³/mol. The van der Waals surface area contributed by atoms with Crippen LogP contribution >= 0.6 is 0 Å². The minimum Gasteiger partial charge on any atom is -0.494 e. The smallest absolute Gasteiger partial charge is 0.343 e. The topological polar surface area (TPSA) is 87.6 Å². The highest BCUT2D eigenvalue weighted by Crippen LogP contribution is 2.34. The summed E-state index contributed by atoms with van der Waals surface area (Å²) in [6, 6.07) is 19.8. The number of hydrogen-bond acceptors (Lipinski definition) is 5. The standard InChI is InChI=1S/C21H20N2O3/c1-2-25-18-8-9-19(14-6-4-3-5-7-14)20(13-18)26-21(24)15-10-16(22)12-17(23)11-15/h3-13H,2,22-23H2,1H3. The Balaban J connectivity index is 1.98. The van der Waals surface area contributed by atoms with Gasteiger partial charge in [0.1, 0.15) is 11.5 Å². The third kappa shape index (κ3) is 3.95. The van der Waals surface area contributed by atoms with E-state index in [9.17, 15) is 4.79 Å². The molecule has 0 spiro atoms. The summed E-state index contributed by atoms with van der Waals surface area (Å²) in [5.41, 5.74) is 14.4. The van der Waals surface area contributed by atoms with E-state index in [0.29, 0.717) is 35.0 Å². The Morgan fingerprint density at radius 1 is 0.923 bits per heavy atom. The van der Waals surface area contributed by atoms with Gasteiger partial charge in [-0.25, -0.2) is 4.79 Å². The van der Waals surface area contributed by atoms with Crippen LogP contribution in [0.4, 0.5) is 11.4 Å². The average molecular weight is 348 g/mol. The Labute approximate surface area is 152 Å². The molecule has 0 saturated carbocycles. The van der Waals surface area contributed by atoms with E-state index in [-0.39, 0.29) is 0 Å². The second-order valence-corrected chi connectivity index (χ2v) is 5.73. The Hall–Kier alpha value is -3.47. The fourth-order valence-electron chi connectivity index (χ4n) is 2.65. The summed E-state index contributed by atoms with van der Waals surface area (Å²) >= 11 is 0. The molecule has 0 heterocycles. The lowest BCUT2D eigenvalue weighted by molar-refractivity contribution is 0.0735. The predicted octanol–water partition coefficient (Wildman–Crippen LogP) is 4.14. The molecule has 0 radical (unpaired) electrons. The van der Waals surface area contributed by atoms with Crippen molar-refractivity contribution in [1.82, 2.24) is 0 Å². The number of rotatable bonds is 5. The van der Waals surface area contributed by atoms with E-state index in [2.05, 4.69) is 0 Å². The van der Waals surface area contributed by atoms with E-state index < -0.39 is 5.97 Å². The molecule has 0 aromatic heterocycles. The van der Waals surface area contributed by atoms with E-state index in [1.54, 1.807) is 12.1 Å². The Morgan fingerprint density at radius 3 is 2.27 bits per heavy atom. The molecule has 5 heteroatoms. The Kier molecular flexibility index (Phi) is 5.08. The lowest BCUT2D eigenvalue weighted by atomic mass is 10.0. The Bertz CT molecular complexity index is 904. The van der Waals surface area contributed by atoms with Crippen LogP contribution in [0.15, 0.2) is 66.7 Å². The third-order valence-electron chi connectivity index (χ3n) is 3.76. The number of carbonyl (C=O) groups is 1. The largest absolute Gasteiger partial charge is 0.494 e. The number of hydrogen-bond donors (Lipinski definition) is 2. The first kappa shape index (κ1) is 17.4. The van der Waals surface area contributed by atoms with Crippen molar-refractivity contribution in [2.24, 2.45) is 0 Å². The van der Waals surface area contributed by atoms with Gasteiger partial charge in [0, 0.05) is 23.0 Å². The monoisotopic (exact) mass is 348 g/mol. The van der Waals surface area contributed by atoms with E-state index in [1.807, 2.05) is 49.4 Å². The maximum absolute atomic E-state index is 12.6. The molecule has 3 rings (SSSR count). The molecule has 26 heavy (non-hydrogen) atoms. The van der Waals surface area contributed by atoms with Crippen LogP contribution in [0.1, 0.15) is 17.3 Å². The Morgan fingerprint density at radius 2 is 1.62 bits per heavy atom. The number of nitrogens with two attached hydrogens (primary N) is 2. The molecule has 0 saturated heterocycles. The minimum absolute atomic E-state index is 0.295. The molecule has 0 aliphatic carbocycles. The van der Waals surface area contributed by atoms with Crippen LogP contribution in [0.5, 0.6) is 11.5 Å². The minimum atomic E-state index is -0.533. The van der Waals surface area contributed by atoms with E-state index in [0.717, 1.165) is 11.1 Å². The quantitative estimate of drug-likeness (QED) is 0.411. The van der Waals surface area contributed by atoms with Gasteiger partial charge in [0.15, 0.2) is 0 Å². The molecule has 0 aliphatic heterocycles. The highest BCUT2D eigenvalue weighted by Gasteiger charge is 2.15. The third-order valence-corrected chi connectivity index (χ3v) is 3.76. The summed E-state index contributed by atoms with van der Waals surface area (Å²) < 4.78 is 11.2. The molecule has 5 nitrogen and oxygen atoms in total. The number of anilines is 2. The van der Waals surface area contributed by atoms with Gasteiger partial charge in [0.05, 0.1) is 12.2 Å². The van der Waals surface area contributed by atoms with Gasteiger partial charge in [0.2, 0.25) is 0 Å². The zero-order valence-electron chi connectivity index (χ0n) is 14.4. The summed E-state index contributed by atoms with van der Waals surface area (Å²) in [6.07, 6.45) is 0. The number of nitrogen functional groups attached to an aromatic ring is 2. The highest BCUT2D eigenvalue weighted by molar-refractivity contribution is 5.94. The number of carbonyl (C=O) groups excluding carboxylic acids is 1. The van der Waals surface area contributed by atoms with Gasteiger partial charge in [-0.05, 0) is 42.8 Å². The fourth-order valence-corrected chi connectivity index (χ4v) is 2.65. The summed E-state index contributed by atoms with van der Waals surface area (Å²) in [6.45, 7) is 2.41. The maximum atomic E-state index is 12.6. The van der Waals surface area contributed by atoms with Crippen molar-refractivity contribution in [3.63, 3.8) is 0 Å². The fraction of sp³-hybridized carbons (Fsp3) is 0.0952. The molecule has 0 fully saturated rings. The summed E-state index contributed by atoms with van der Waals surface area (Å²) in [5.74, 6) is 0.505. The number of ether oxygens (including phenoxy) is 2. The number of esters is 1. The molecule has 132 valence electrons. The summed E-state index contributed by atoms with van der Waals surface area (Å²) in [4.78, 5) is 12.6. The van der Waals surface area contributed by atoms with Crippen molar-refractivity contribution in [2.45, 2.75) is 6.92 Å². The molecule has 3 aromatic rings. The van der Waals surface area contributed by atoms with Crippen LogP contribution in [-0.2, 0) is 0 Å². The summed E-state index contributed by atoms with van der Waals surface area (Å²) in [7, 11) is 0.